The summed E-state index contributed by atoms with van der Waals surface area (Å²) in [7, 11) is 0. The molecule has 2 unspecified atom stereocenters. The normalized spacial score (nSPS) is 28.1. The van der Waals surface area contributed by atoms with E-state index in [-0.39, 0.29) is 0 Å². The molecule has 1 aromatic rings. The molecule has 2 saturated carbocycles. The highest BCUT2D eigenvalue weighted by molar-refractivity contribution is 7.99. The third kappa shape index (κ3) is 3.37. The van der Waals surface area contributed by atoms with Crippen molar-refractivity contribution in [3.63, 3.8) is 0 Å². The zero-order valence-corrected chi connectivity index (χ0v) is 12.9. The fraction of sp³-hybridized carbons (Fsp3) is 0.867. The lowest BCUT2D eigenvalue weighted by Crippen LogP contribution is -2.25. The molecule has 2 atom stereocenters. The molecule has 0 aliphatic heterocycles. The maximum atomic E-state index is 5.89. The monoisotopic (exact) mass is 295 g/mol. The third-order valence-electron chi connectivity index (χ3n) is 4.76. The molecule has 0 saturated heterocycles. The first kappa shape index (κ1) is 14.4. The summed E-state index contributed by atoms with van der Waals surface area (Å²) in [6.07, 6.45) is 10.4. The van der Waals surface area contributed by atoms with E-state index in [4.69, 9.17) is 10.3 Å². The Morgan fingerprint density at radius 2 is 1.85 bits per heavy atom. The molecule has 0 spiro atoms. The summed E-state index contributed by atoms with van der Waals surface area (Å²) in [6.45, 7) is 0.735. The fourth-order valence-electron chi connectivity index (χ4n) is 3.54. The summed E-state index contributed by atoms with van der Waals surface area (Å²) in [4.78, 5) is 4.64. The zero-order valence-electron chi connectivity index (χ0n) is 12.1. The number of hydrogen-bond donors (Lipinski definition) is 1. The molecule has 1 heterocycles. The van der Waals surface area contributed by atoms with E-state index in [1.165, 1.54) is 44.9 Å². The molecule has 112 valence electrons. The Bertz CT molecular complexity index is 417. The second-order valence-electron chi connectivity index (χ2n) is 6.15. The minimum absolute atomic E-state index is 0.395. The van der Waals surface area contributed by atoms with E-state index in [1.807, 2.05) is 11.8 Å². The van der Waals surface area contributed by atoms with Gasteiger partial charge in [0.1, 0.15) is 0 Å². The SMILES string of the molecule is NCC1CCCCC1c1nc(CSC2CCCC2)no1. The highest BCUT2D eigenvalue weighted by Gasteiger charge is 2.30. The molecule has 2 aliphatic rings. The lowest BCUT2D eigenvalue weighted by molar-refractivity contribution is 0.249. The Balaban J connectivity index is 1.57. The minimum Gasteiger partial charge on any atom is -0.339 e. The van der Waals surface area contributed by atoms with Crippen molar-refractivity contribution in [3.05, 3.63) is 11.7 Å². The van der Waals surface area contributed by atoms with Crippen molar-refractivity contribution < 1.29 is 4.52 Å². The fourth-order valence-corrected chi connectivity index (χ4v) is 4.71. The molecule has 0 bridgehead atoms. The van der Waals surface area contributed by atoms with Crippen molar-refractivity contribution in [1.29, 1.82) is 0 Å². The maximum absolute atomic E-state index is 5.89. The molecule has 2 N–H and O–H groups in total. The van der Waals surface area contributed by atoms with Crippen molar-refractivity contribution in [2.45, 2.75) is 68.3 Å². The van der Waals surface area contributed by atoms with E-state index < -0.39 is 0 Å². The molecule has 4 nitrogen and oxygen atoms in total. The summed E-state index contributed by atoms with van der Waals surface area (Å²) in [5, 5.41) is 4.98. The summed E-state index contributed by atoms with van der Waals surface area (Å²) < 4.78 is 5.52. The van der Waals surface area contributed by atoms with Gasteiger partial charge in [-0.2, -0.15) is 16.7 Å². The van der Waals surface area contributed by atoms with Gasteiger partial charge in [0.15, 0.2) is 5.82 Å². The molecule has 1 aromatic heterocycles. The smallest absolute Gasteiger partial charge is 0.230 e. The second kappa shape index (κ2) is 6.94. The molecule has 20 heavy (non-hydrogen) atoms. The van der Waals surface area contributed by atoms with E-state index in [0.29, 0.717) is 11.8 Å². The van der Waals surface area contributed by atoms with Crippen molar-refractivity contribution >= 4 is 11.8 Å². The van der Waals surface area contributed by atoms with Crippen LogP contribution in [0.2, 0.25) is 0 Å². The largest absolute Gasteiger partial charge is 0.339 e. The van der Waals surface area contributed by atoms with E-state index in [0.717, 1.165) is 35.7 Å². The van der Waals surface area contributed by atoms with E-state index in [9.17, 15) is 0 Å². The van der Waals surface area contributed by atoms with Gasteiger partial charge in [-0.25, -0.2) is 0 Å². The molecular formula is C15H25N3OS. The topological polar surface area (TPSA) is 64.9 Å². The maximum Gasteiger partial charge on any atom is 0.230 e. The van der Waals surface area contributed by atoms with Crippen molar-refractivity contribution in [2.24, 2.45) is 11.7 Å². The van der Waals surface area contributed by atoms with Gasteiger partial charge >= 0.3 is 0 Å². The first-order valence-corrected chi connectivity index (χ1v) is 9.06. The first-order valence-electron chi connectivity index (χ1n) is 8.01. The Labute approximate surface area is 125 Å². The van der Waals surface area contributed by atoms with E-state index in [1.54, 1.807) is 0 Å². The van der Waals surface area contributed by atoms with Crippen LogP contribution < -0.4 is 5.73 Å². The molecule has 2 fully saturated rings. The number of nitrogens with two attached hydrogens (primary N) is 1. The molecular weight excluding hydrogens is 270 g/mol. The number of nitrogens with zero attached hydrogens (tertiary/aromatic N) is 2. The van der Waals surface area contributed by atoms with Crippen LogP contribution in [0.5, 0.6) is 0 Å². The summed E-state index contributed by atoms with van der Waals surface area (Å²) in [6, 6.07) is 0. The molecule has 0 aromatic carbocycles. The van der Waals surface area contributed by atoms with Gasteiger partial charge in [0.05, 0.1) is 5.75 Å². The Hall–Kier alpha value is -0.550. The Morgan fingerprint density at radius 3 is 2.65 bits per heavy atom. The lowest BCUT2D eigenvalue weighted by atomic mass is 9.79. The first-order chi connectivity index (χ1) is 9.86. The van der Waals surface area contributed by atoms with Crippen LogP contribution in [0, 0.1) is 5.92 Å². The van der Waals surface area contributed by atoms with Crippen LogP contribution in [-0.4, -0.2) is 21.9 Å². The van der Waals surface area contributed by atoms with Crippen LogP contribution >= 0.6 is 11.8 Å². The van der Waals surface area contributed by atoms with Gasteiger partial charge in [0.25, 0.3) is 0 Å². The van der Waals surface area contributed by atoms with Crippen LogP contribution in [-0.2, 0) is 5.75 Å². The Kier molecular flexibility index (Phi) is 4.99. The van der Waals surface area contributed by atoms with Crippen LogP contribution in [0.3, 0.4) is 0 Å². The minimum atomic E-state index is 0.395. The zero-order chi connectivity index (χ0) is 13.8. The van der Waals surface area contributed by atoms with Gasteiger partial charge in [0.2, 0.25) is 5.89 Å². The average Bonchev–Trinajstić information content (AvgIpc) is 3.16. The van der Waals surface area contributed by atoms with Gasteiger partial charge in [-0.15, -0.1) is 0 Å². The van der Waals surface area contributed by atoms with Gasteiger partial charge in [-0.3, -0.25) is 0 Å². The van der Waals surface area contributed by atoms with Crippen LogP contribution in [0.15, 0.2) is 4.52 Å². The van der Waals surface area contributed by atoms with Crippen LogP contribution in [0.4, 0.5) is 0 Å². The van der Waals surface area contributed by atoms with Crippen molar-refractivity contribution in [2.75, 3.05) is 6.54 Å². The summed E-state index contributed by atoms with van der Waals surface area (Å²) in [5.74, 6) is 3.53. The second-order valence-corrected chi connectivity index (χ2v) is 7.44. The molecule has 5 heteroatoms. The van der Waals surface area contributed by atoms with Gasteiger partial charge in [-0.05, 0) is 38.1 Å². The van der Waals surface area contributed by atoms with Crippen LogP contribution in [0.1, 0.15) is 69.0 Å². The van der Waals surface area contributed by atoms with E-state index >= 15 is 0 Å². The standard InChI is InChI=1S/C15H25N3OS/c16-9-11-5-1-4-8-13(11)15-17-14(18-19-15)10-20-12-6-2-3-7-12/h11-13H,1-10,16H2. The number of rotatable bonds is 5. The lowest BCUT2D eigenvalue weighted by Gasteiger charge is -2.27. The average molecular weight is 295 g/mol. The van der Waals surface area contributed by atoms with Gasteiger partial charge < -0.3 is 10.3 Å². The molecule has 0 radical (unpaired) electrons. The highest BCUT2D eigenvalue weighted by Crippen LogP contribution is 2.37. The molecule has 0 amide bonds. The number of thioether (sulfide) groups is 1. The van der Waals surface area contributed by atoms with E-state index in [2.05, 4.69) is 10.1 Å². The quantitative estimate of drug-likeness (QED) is 0.901. The van der Waals surface area contributed by atoms with Gasteiger partial charge in [0, 0.05) is 11.2 Å². The van der Waals surface area contributed by atoms with Crippen molar-refractivity contribution in [3.8, 4) is 0 Å². The highest BCUT2D eigenvalue weighted by atomic mass is 32.2. The molecule has 3 rings (SSSR count). The summed E-state index contributed by atoms with van der Waals surface area (Å²) >= 11 is 1.99. The molecule has 2 aliphatic carbocycles. The predicted molar refractivity (Wildman–Crippen MR) is 81.6 cm³/mol. The van der Waals surface area contributed by atoms with Crippen molar-refractivity contribution in [1.82, 2.24) is 10.1 Å². The van der Waals surface area contributed by atoms with Gasteiger partial charge in [-0.1, -0.05) is 30.8 Å². The summed E-state index contributed by atoms with van der Waals surface area (Å²) in [5.41, 5.74) is 5.89. The predicted octanol–water partition coefficient (Wildman–Crippen LogP) is 3.48. The number of aromatic nitrogens is 2. The number of hydrogen-bond acceptors (Lipinski definition) is 5. The Morgan fingerprint density at radius 1 is 1.10 bits per heavy atom. The third-order valence-corrected chi connectivity index (χ3v) is 6.13. The van der Waals surface area contributed by atoms with Crippen LogP contribution in [0.25, 0.3) is 0 Å².